The number of carbonyl (C=O) groups is 4. The molecule has 4 rings (SSSR count). The van der Waals surface area contributed by atoms with Gasteiger partial charge in [0, 0.05) is 26.7 Å². The highest BCUT2D eigenvalue weighted by Gasteiger charge is 2.62. The van der Waals surface area contributed by atoms with Crippen molar-refractivity contribution in [3.05, 3.63) is 0 Å². The number of carboxylic acid groups (broad SMARTS) is 2. The Morgan fingerprint density at radius 1 is 0.651 bits per heavy atom. The Morgan fingerprint density at radius 2 is 1.16 bits per heavy atom. The van der Waals surface area contributed by atoms with E-state index in [9.17, 15) is 101 Å². The molecule has 4 saturated heterocycles. The normalized spacial score (nSPS) is 42.9. The predicted octanol–water partition coefficient (Wildman–Crippen LogP) is -11.0. The molecule has 0 radical (unpaired) electrons. The largest absolute Gasteiger partial charge is 0.477 e. The fraction of sp³-hybridized carbons (Fsp3) is 0.882. The number of aliphatic hydroxyl groups is 14. The Bertz CT molecular complexity index is 1560. The van der Waals surface area contributed by atoms with Crippen LogP contribution in [0, 0.1) is 0 Å². The van der Waals surface area contributed by atoms with Crippen molar-refractivity contribution in [2.45, 2.75) is 161 Å². The summed E-state index contributed by atoms with van der Waals surface area (Å²) in [5, 5.41) is 173. The smallest absolute Gasteiger partial charge is 0.364 e. The third-order valence-electron chi connectivity index (χ3n) is 11.0. The molecule has 18 N–H and O–H groups in total. The van der Waals surface area contributed by atoms with Gasteiger partial charge in [0.25, 0.3) is 11.6 Å². The van der Waals surface area contributed by atoms with Gasteiger partial charge in [-0.2, -0.15) is 0 Å². The maximum Gasteiger partial charge on any atom is 0.364 e. The van der Waals surface area contributed by atoms with Crippen LogP contribution < -0.4 is 10.6 Å². The molecule has 4 aliphatic heterocycles. The lowest BCUT2D eigenvalue weighted by Crippen LogP contribution is -2.72. The number of nitrogens with one attached hydrogen (secondary N) is 2. The van der Waals surface area contributed by atoms with Gasteiger partial charge in [-0.3, -0.25) is 9.59 Å². The van der Waals surface area contributed by atoms with Crippen LogP contribution in [0.15, 0.2) is 0 Å². The number of carboxylic acids is 2. The monoisotopic (exact) mass is 924 g/mol. The fourth-order valence-electron chi connectivity index (χ4n) is 7.76. The number of carbonyl (C=O) groups excluding carboxylic acids is 2. The van der Waals surface area contributed by atoms with Crippen LogP contribution in [0.3, 0.4) is 0 Å². The molecule has 0 aromatic carbocycles. The van der Waals surface area contributed by atoms with E-state index in [2.05, 4.69) is 10.6 Å². The van der Waals surface area contributed by atoms with Crippen molar-refractivity contribution >= 4 is 23.8 Å². The minimum absolute atomic E-state index is 0.837. The van der Waals surface area contributed by atoms with E-state index in [1.54, 1.807) is 0 Å². The fourth-order valence-corrected chi connectivity index (χ4v) is 7.76. The van der Waals surface area contributed by atoms with Crippen molar-refractivity contribution in [3.63, 3.8) is 0 Å². The average molecular weight is 925 g/mol. The maximum atomic E-state index is 13.1. The van der Waals surface area contributed by atoms with Gasteiger partial charge in [0.05, 0.1) is 50.7 Å². The summed E-state index contributed by atoms with van der Waals surface area (Å²) in [6.07, 6.45) is -40.7. The van der Waals surface area contributed by atoms with Crippen molar-refractivity contribution < 1.29 is 134 Å². The van der Waals surface area contributed by atoms with Gasteiger partial charge in [-0.15, -0.1) is 0 Å². The molecule has 0 spiro atoms. The molecule has 29 heteroatoms. The molecular formula is C34H56N2O27. The van der Waals surface area contributed by atoms with Gasteiger partial charge in [-0.05, 0) is 0 Å². The molecule has 0 bridgehead atoms. The van der Waals surface area contributed by atoms with Crippen molar-refractivity contribution in [2.24, 2.45) is 0 Å². The first kappa shape index (κ1) is 52.7. The van der Waals surface area contributed by atoms with Crippen LogP contribution in [0.4, 0.5) is 0 Å². The van der Waals surface area contributed by atoms with E-state index in [-0.39, 0.29) is 0 Å². The lowest BCUT2D eigenvalue weighted by molar-refractivity contribution is -0.387. The summed E-state index contributed by atoms with van der Waals surface area (Å²) in [4.78, 5) is 50.3. The summed E-state index contributed by atoms with van der Waals surface area (Å²) < 4.78 is 38.4. The molecule has 364 valence electrons. The Hall–Kier alpha value is -2.96. The minimum Gasteiger partial charge on any atom is -0.477 e. The summed E-state index contributed by atoms with van der Waals surface area (Å²) in [6, 6.07) is -3.57. The zero-order valence-electron chi connectivity index (χ0n) is 33.4. The molecular weight excluding hydrogens is 868 g/mol. The van der Waals surface area contributed by atoms with Crippen molar-refractivity contribution in [1.29, 1.82) is 0 Å². The van der Waals surface area contributed by atoms with Crippen LogP contribution in [0.5, 0.6) is 0 Å². The quantitative estimate of drug-likeness (QED) is 0.0607. The van der Waals surface area contributed by atoms with E-state index in [1.165, 1.54) is 0 Å². The number of aliphatic hydroxyl groups excluding tert-OH is 14. The van der Waals surface area contributed by atoms with Gasteiger partial charge in [0.2, 0.25) is 11.8 Å². The number of ether oxygens (including phenoxy) is 7. The van der Waals surface area contributed by atoms with Gasteiger partial charge in [0.15, 0.2) is 12.6 Å². The van der Waals surface area contributed by atoms with E-state index < -0.39 is 197 Å². The molecule has 4 fully saturated rings. The molecule has 0 aromatic heterocycles. The summed E-state index contributed by atoms with van der Waals surface area (Å²) in [6.45, 7) is -2.75. The third kappa shape index (κ3) is 11.2. The average Bonchev–Trinajstić information content (AvgIpc) is 3.22. The van der Waals surface area contributed by atoms with Crippen LogP contribution in [0.1, 0.15) is 26.7 Å². The van der Waals surface area contributed by atoms with Crippen molar-refractivity contribution in [1.82, 2.24) is 10.6 Å². The molecule has 2 amide bonds. The topological polar surface area (TPSA) is 481 Å². The van der Waals surface area contributed by atoms with Gasteiger partial charge >= 0.3 is 11.9 Å². The van der Waals surface area contributed by atoms with Crippen LogP contribution >= 0.6 is 0 Å². The zero-order valence-corrected chi connectivity index (χ0v) is 33.4. The van der Waals surface area contributed by atoms with E-state index in [0.717, 1.165) is 13.8 Å². The number of aliphatic carboxylic acids is 2. The highest BCUT2D eigenvalue weighted by Crippen LogP contribution is 2.40. The van der Waals surface area contributed by atoms with Crippen molar-refractivity contribution in [2.75, 3.05) is 26.4 Å². The number of amides is 2. The molecule has 0 aliphatic carbocycles. The lowest BCUT2D eigenvalue weighted by Gasteiger charge is -2.51. The highest BCUT2D eigenvalue weighted by molar-refractivity contribution is 5.77. The Morgan fingerprint density at radius 3 is 1.63 bits per heavy atom. The van der Waals surface area contributed by atoms with Gasteiger partial charge in [0.1, 0.15) is 85.5 Å². The van der Waals surface area contributed by atoms with Gasteiger partial charge < -0.3 is 125 Å². The van der Waals surface area contributed by atoms with Gasteiger partial charge in [-0.1, -0.05) is 0 Å². The first-order valence-electron chi connectivity index (χ1n) is 19.4. The summed E-state index contributed by atoms with van der Waals surface area (Å²) in [5.41, 5.74) is 0. The molecule has 22 atom stereocenters. The molecule has 63 heavy (non-hydrogen) atoms. The third-order valence-corrected chi connectivity index (χ3v) is 11.0. The summed E-state index contributed by atoms with van der Waals surface area (Å²) in [7, 11) is 0. The standard InChI is InChI=1S/C34H56N2O27/c1-9(41)35-17-11(43)3-33(31(53)54,61-26(17)19(46)13(45)5-37)60-15(7-39)21(48)27-18(36-10(2)42)12(44)4-34(62-27,32(55)56)63-28-20(47)14(6-38)58-30(24(28)51)59-25-16(8-40)57-29(52)23(50)22(25)49/h11-30,37-40,43-52H,3-8H2,1-2H3,(H,35,41)(H,36,42)(H,53,54)(H,55,56). The first-order chi connectivity index (χ1) is 29.4. The number of hydrogen-bond acceptors (Lipinski definition) is 25. The molecule has 22 unspecified atom stereocenters. The molecule has 0 saturated carbocycles. The SMILES string of the molecule is CC(=O)NC1C(O)CC(OC(CO)C(O)C2OC(OC3C(O)C(CO)OC(OC4C(CO)OC(O)C(O)C4O)C3O)(C(=O)O)CC(O)C2NC(C)=O)(C(=O)O)OC1C(O)C(O)CO. The van der Waals surface area contributed by atoms with Gasteiger partial charge in [-0.25, -0.2) is 9.59 Å². The Kier molecular flexibility index (Phi) is 18.0. The molecule has 4 heterocycles. The number of rotatable bonds is 18. The van der Waals surface area contributed by atoms with Crippen LogP contribution in [0.2, 0.25) is 0 Å². The second-order valence-corrected chi connectivity index (χ2v) is 15.5. The second kappa shape index (κ2) is 21.6. The molecule has 0 aromatic rings. The Balaban J connectivity index is 1.72. The Labute approximate surface area is 355 Å². The van der Waals surface area contributed by atoms with Crippen LogP contribution in [-0.4, -0.2) is 266 Å². The summed E-state index contributed by atoms with van der Waals surface area (Å²) in [5.74, 6) is -12.6. The highest BCUT2D eigenvalue weighted by atomic mass is 16.8. The second-order valence-electron chi connectivity index (χ2n) is 15.5. The predicted molar refractivity (Wildman–Crippen MR) is 191 cm³/mol. The zero-order chi connectivity index (χ0) is 47.5. The van der Waals surface area contributed by atoms with E-state index in [0.29, 0.717) is 0 Å². The lowest BCUT2D eigenvalue weighted by atomic mass is 9.87. The van der Waals surface area contributed by atoms with E-state index in [1.807, 2.05) is 0 Å². The van der Waals surface area contributed by atoms with Crippen molar-refractivity contribution in [3.8, 4) is 0 Å². The molecule has 29 nitrogen and oxygen atoms in total. The molecule has 4 aliphatic rings. The van der Waals surface area contributed by atoms with Crippen LogP contribution in [-0.2, 0) is 52.3 Å². The van der Waals surface area contributed by atoms with Crippen LogP contribution in [0.25, 0.3) is 0 Å². The van der Waals surface area contributed by atoms with E-state index >= 15 is 0 Å². The summed E-state index contributed by atoms with van der Waals surface area (Å²) >= 11 is 0. The minimum atomic E-state index is -3.33. The van der Waals surface area contributed by atoms with E-state index in [4.69, 9.17) is 33.2 Å². The maximum absolute atomic E-state index is 13.1. The number of hydrogen-bond donors (Lipinski definition) is 18. The first-order valence-corrected chi connectivity index (χ1v) is 19.4.